The van der Waals surface area contributed by atoms with Gasteiger partial charge >= 0.3 is 6.18 Å². The Balaban J connectivity index is 2.56. The summed E-state index contributed by atoms with van der Waals surface area (Å²) in [6, 6.07) is 7.78. The zero-order chi connectivity index (χ0) is 20.5. The number of amides is 1. The Bertz CT molecular complexity index is 949. The summed E-state index contributed by atoms with van der Waals surface area (Å²) in [7, 11) is 3.16. The molecule has 0 spiro atoms. The summed E-state index contributed by atoms with van der Waals surface area (Å²) in [5, 5.41) is 3.70. The molecule has 8 heteroatoms. The molecule has 0 bridgehead atoms. The molecule has 0 saturated heterocycles. The zero-order valence-corrected chi connectivity index (χ0v) is 15.6. The van der Waals surface area contributed by atoms with Crippen molar-refractivity contribution in [1.82, 2.24) is 4.90 Å². The van der Waals surface area contributed by atoms with E-state index in [4.69, 9.17) is 11.6 Å². The van der Waals surface area contributed by atoms with Gasteiger partial charge in [0.05, 0.1) is 11.3 Å². The highest BCUT2D eigenvalue weighted by Gasteiger charge is 2.34. The Kier molecular flexibility index (Phi) is 5.85. The van der Waals surface area contributed by atoms with E-state index in [0.29, 0.717) is 23.3 Å². The summed E-state index contributed by atoms with van der Waals surface area (Å²) >= 11 is 6.24. The van der Waals surface area contributed by atoms with E-state index in [-0.39, 0.29) is 16.6 Å². The molecule has 1 amide bonds. The van der Waals surface area contributed by atoms with E-state index in [1.165, 1.54) is 17.0 Å². The van der Waals surface area contributed by atoms with Gasteiger partial charge in [0, 0.05) is 41.1 Å². The Morgan fingerprint density at radius 1 is 1.19 bits per heavy atom. The SMILES string of the molecule is C=C(Nc1ccc(C(=O)N(C)C)c2c(Cl)cccc12)/C(F)=C(\C)C(F)(F)F. The van der Waals surface area contributed by atoms with Crippen molar-refractivity contribution in [3.63, 3.8) is 0 Å². The maximum absolute atomic E-state index is 14.1. The van der Waals surface area contributed by atoms with Crippen molar-refractivity contribution < 1.29 is 22.4 Å². The highest BCUT2D eigenvalue weighted by Crippen LogP contribution is 2.35. The molecule has 0 heterocycles. The van der Waals surface area contributed by atoms with Gasteiger partial charge in [-0.05, 0) is 25.1 Å². The number of allylic oxidation sites excluding steroid dienone is 2. The lowest BCUT2D eigenvalue weighted by molar-refractivity contribution is -0.0930. The number of carbonyl (C=O) groups excluding carboxylic acids is 1. The van der Waals surface area contributed by atoms with Crippen LogP contribution in [0.15, 0.2) is 54.0 Å². The van der Waals surface area contributed by atoms with Crippen LogP contribution in [-0.4, -0.2) is 31.1 Å². The van der Waals surface area contributed by atoms with Gasteiger partial charge in [0.25, 0.3) is 5.91 Å². The second-order valence-electron chi connectivity index (χ2n) is 6.06. The Morgan fingerprint density at radius 3 is 2.37 bits per heavy atom. The first-order chi connectivity index (χ1) is 12.4. The molecule has 2 aromatic rings. The first kappa shape index (κ1) is 20.8. The number of benzene rings is 2. The van der Waals surface area contributed by atoms with Gasteiger partial charge in [-0.1, -0.05) is 30.3 Å². The summed E-state index contributed by atoms with van der Waals surface area (Å²) in [4.78, 5) is 13.8. The van der Waals surface area contributed by atoms with Crippen LogP contribution >= 0.6 is 11.6 Å². The normalized spacial score (nSPS) is 12.6. The van der Waals surface area contributed by atoms with E-state index in [2.05, 4.69) is 11.9 Å². The Morgan fingerprint density at radius 2 is 1.81 bits per heavy atom. The highest BCUT2D eigenvalue weighted by molar-refractivity contribution is 6.37. The van der Waals surface area contributed by atoms with Gasteiger partial charge in [0.15, 0.2) is 5.83 Å². The summed E-state index contributed by atoms with van der Waals surface area (Å²) in [5.41, 5.74) is -1.34. The number of anilines is 1. The fourth-order valence-corrected chi connectivity index (χ4v) is 2.73. The minimum Gasteiger partial charge on any atom is -0.353 e. The molecule has 0 saturated carbocycles. The molecule has 0 fully saturated rings. The molecular formula is C19H17ClF4N2O. The highest BCUT2D eigenvalue weighted by atomic mass is 35.5. The van der Waals surface area contributed by atoms with Crippen LogP contribution in [0, 0.1) is 0 Å². The van der Waals surface area contributed by atoms with Crippen molar-refractivity contribution in [3.05, 3.63) is 64.6 Å². The molecule has 0 aliphatic carbocycles. The smallest absolute Gasteiger partial charge is 0.353 e. The second-order valence-corrected chi connectivity index (χ2v) is 6.47. The Labute approximate surface area is 158 Å². The van der Waals surface area contributed by atoms with Gasteiger partial charge in [-0.3, -0.25) is 4.79 Å². The lowest BCUT2D eigenvalue weighted by Crippen LogP contribution is -2.22. The number of hydrogen-bond acceptors (Lipinski definition) is 2. The standard InChI is InChI=1S/C19H17ClF4N2O/c1-10(19(22,23)24)17(21)11(2)25-15-9-8-13(18(27)26(3)4)16-12(15)6-5-7-14(16)20/h5-9,25H,2H2,1,3-4H3/b17-10-. The van der Waals surface area contributed by atoms with E-state index in [0.717, 1.165) is 0 Å². The number of nitrogens with one attached hydrogen (secondary N) is 1. The zero-order valence-electron chi connectivity index (χ0n) is 14.8. The van der Waals surface area contributed by atoms with Crippen molar-refractivity contribution >= 4 is 34.0 Å². The van der Waals surface area contributed by atoms with Crippen molar-refractivity contribution in [1.29, 1.82) is 0 Å². The molecular weight excluding hydrogens is 384 g/mol. The topological polar surface area (TPSA) is 32.3 Å². The third kappa shape index (κ3) is 4.24. The number of alkyl halides is 3. The van der Waals surface area contributed by atoms with E-state index in [1.54, 1.807) is 32.3 Å². The molecule has 0 atom stereocenters. The predicted octanol–water partition coefficient (Wildman–Crippen LogP) is 5.93. The molecule has 144 valence electrons. The quantitative estimate of drug-likeness (QED) is 0.510. The average molecular weight is 401 g/mol. The maximum Gasteiger partial charge on any atom is 0.415 e. The van der Waals surface area contributed by atoms with Crippen LogP contribution in [0.4, 0.5) is 23.2 Å². The third-order valence-corrected chi connectivity index (χ3v) is 4.25. The number of carbonyl (C=O) groups is 1. The maximum atomic E-state index is 14.1. The van der Waals surface area contributed by atoms with Crippen LogP contribution < -0.4 is 5.32 Å². The van der Waals surface area contributed by atoms with E-state index >= 15 is 0 Å². The van der Waals surface area contributed by atoms with Gasteiger partial charge in [-0.2, -0.15) is 13.2 Å². The molecule has 3 nitrogen and oxygen atoms in total. The monoisotopic (exact) mass is 400 g/mol. The van der Waals surface area contributed by atoms with Crippen LogP contribution in [0.3, 0.4) is 0 Å². The predicted molar refractivity (Wildman–Crippen MR) is 99.6 cm³/mol. The minimum atomic E-state index is -4.80. The largest absolute Gasteiger partial charge is 0.415 e. The summed E-state index contributed by atoms with van der Waals surface area (Å²) < 4.78 is 52.2. The third-order valence-electron chi connectivity index (χ3n) is 3.93. The number of fused-ring (bicyclic) bond motifs is 1. The summed E-state index contributed by atoms with van der Waals surface area (Å²) in [5.74, 6) is -1.79. The van der Waals surface area contributed by atoms with Gasteiger partial charge < -0.3 is 10.2 Å². The molecule has 0 aromatic heterocycles. The molecule has 0 aliphatic heterocycles. The van der Waals surface area contributed by atoms with Crippen molar-refractivity contribution in [2.75, 3.05) is 19.4 Å². The van der Waals surface area contributed by atoms with Crippen molar-refractivity contribution in [2.45, 2.75) is 13.1 Å². The molecule has 0 radical (unpaired) electrons. The van der Waals surface area contributed by atoms with Crippen molar-refractivity contribution in [2.24, 2.45) is 0 Å². The molecule has 0 unspecified atom stereocenters. The van der Waals surface area contributed by atoms with Gasteiger partial charge in [0.2, 0.25) is 0 Å². The summed E-state index contributed by atoms with van der Waals surface area (Å²) in [6.45, 7) is 3.98. The summed E-state index contributed by atoms with van der Waals surface area (Å²) in [6.07, 6.45) is -4.80. The number of halogens is 5. The van der Waals surface area contributed by atoms with Crippen LogP contribution in [0.25, 0.3) is 10.8 Å². The molecule has 0 aliphatic rings. The average Bonchev–Trinajstić information content (AvgIpc) is 2.59. The van der Waals surface area contributed by atoms with E-state index in [9.17, 15) is 22.4 Å². The van der Waals surface area contributed by atoms with Crippen molar-refractivity contribution in [3.8, 4) is 0 Å². The van der Waals surface area contributed by atoms with Crippen LogP contribution in [0.1, 0.15) is 17.3 Å². The second kappa shape index (κ2) is 7.60. The first-order valence-corrected chi connectivity index (χ1v) is 8.15. The number of rotatable bonds is 4. The Hall–Kier alpha value is -2.54. The van der Waals surface area contributed by atoms with Crippen LogP contribution in [0.2, 0.25) is 5.02 Å². The number of nitrogens with zero attached hydrogens (tertiary/aromatic N) is 1. The van der Waals surface area contributed by atoms with Gasteiger partial charge in [0.1, 0.15) is 0 Å². The molecule has 27 heavy (non-hydrogen) atoms. The minimum absolute atomic E-state index is 0.276. The molecule has 1 N–H and O–H groups in total. The fourth-order valence-electron chi connectivity index (χ4n) is 2.46. The lowest BCUT2D eigenvalue weighted by atomic mass is 10.0. The van der Waals surface area contributed by atoms with Crippen LogP contribution in [-0.2, 0) is 0 Å². The molecule has 2 rings (SSSR count). The van der Waals surface area contributed by atoms with E-state index < -0.39 is 23.3 Å². The van der Waals surface area contributed by atoms with Gasteiger partial charge in [-0.15, -0.1) is 0 Å². The van der Waals surface area contributed by atoms with Gasteiger partial charge in [-0.25, -0.2) is 4.39 Å². The first-order valence-electron chi connectivity index (χ1n) is 7.78. The fraction of sp³-hybridized carbons (Fsp3) is 0.211. The van der Waals surface area contributed by atoms with E-state index in [1.807, 2.05) is 0 Å². The van der Waals surface area contributed by atoms with Crippen LogP contribution in [0.5, 0.6) is 0 Å². The lowest BCUT2D eigenvalue weighted by Gasteiger charge is -2.17. The molecule has 2 aromatic carbocycles. The number of hydrogen-bond donors (Lipinski definition) is 1.